The maximum absolute atomic E-state index is 12.8. The summed E-state index contributed by atoms with van der Waals surface area (Å²) < 4.78 is 5.73. The number of amides is 1. The van der Waals surface area contributed by atoms with Crippen molar-refractivity contribution in [1.29, 1.82) is 0 Å². The van der Waals surface area contributed by atoms with E-state index in [9.17, 15) is 4.79 Å². The minimum Gasteiger partial charge on any atom is -0.452 e. The van der Waals surface area contributed by atoms with Crippen LogP contribution in [0.3, 0.4) is 0 Å². The van der Waals surface area contributed by atoms with Gasteiger partial charge in [-0.05, 0) is 39.0 Å². The van der Waals surface area contributed by atoms with E-state index in [1.807, 2.05) is 20.8 Å². The summed E-state index contributed by atoms with van der Waals surface area (Å²) in [6.07, 6.45) is 2.76. The summed E-state index contributed by atoms with van der Waals surface area (Å²) in [4.78, 5) is 22.2. The fourth-order valence-corrected chi connectivity index (χ4v) is 2.45. The number of benzene rings is 1. The fraction of sp³-hybridized carbons (Fsp3) is 0.312. The molecule has 0 N–H and O–H groups in total. The Morgan fingerprint density at radius 3 is 2.65 bits per heavy atom. The van der Waals surface area contributed by atoms with E-state index in [0.717, 1.165) is 0 Å². The van der Waals surface area contributed by atoms with E-state index in [2.05, 4.69) is 9.97 Å². The molecule has 1 amide bonds. The van der Waals surface area contributed by atoms with Gasteiger partial charge in [0.05, 0.1) is 11.8 Å². The van der Waals surface area contributed by atoms with Crippen LogP contribution in [0.25, 0.3) is 0 Å². The number of rotatable bonds is 5. The van der Waals surface area contributed by atoms with E-state index in [1.165, 1.54) is 12.5 Å². The lowest BCUT2D eigenvalue weighted by Gasteiger charge is -2.26. The van der Waals surface area contributed by atoms with Crippen molar-refractivity contribution in [2.24, 2.45) is 0 Å². The first-order valence-corrected chi connectivity index (χ1v) is 7.93. The second-order valence-electron chi connectivity index (χ2n) is 5.11. The molecule has 1 heterocycles. The minimum atomic E-state index is -0.159. The summed E-state index contributed by atoms with van der Waals surface area (Å²) in [5.74, 6) is 0.473. The van der Waals surface area contributed by atoms with Crippen molar-refractivity contribution in [3.63, 3.8) is 0 Å². The van der Waals surface area contributed by atoms with Gasteiger partial charge in [0.25, 0.3) is 5.91 Å². The second kappa shape index (κ2) is 7.62. The van der Waals surface area contributed by atoms with Gasteiger partial charge in [-0.2, -0.15) is 0 Å². The molecule has 1 aromatic carbocycles. The molecule has 0 spiro atoms. The van der Waals surface area contributed by atoms with Crippen molar-refractivity contribution in [2.45, 2.75) is 26.8 Å². The van der Waals surface area contributed by atoms with Crippen LogP contribution in [0.5, 0.6) is 11.5 Å². The van der Waals surface area contributed by atoms with Crippen LogP contribution in [0.15, 0.2) is 30.7 Å². The minimum absolute atomic E-state index is 0.0583. The highest BCUT2D eigenvalue weighted by atomic mass is 35.5. The third-order valence-electron chi connectivity index (χ3n) is 3.25. The monoisotopic (exact) mass is 353 g/mol. The van der Waals surface area contributed by atoms with Crippen LogP contribution in [0.2, 0.25) is 10.2 Å². The Bertz CT molecular complexity index is 707. The van der Waals surface area contributed by atoms with Gasteiger partial charge in [0.15, 0.2) is 10.9 Å². The van der Waals surface area contributed by atoms with Crippen molar-refractivity contribution in [1.82, 2.24) is 14.9 Å². The van der Waals surface area contributed by atoms with Crippen LogP contribution in [0.4, 0.5) is 0 Å². The normalized spacial score (nSPS) is 10.7. The molecule has 122 valence electrons. The number of carbonyl (C=O) groups excluding carboxylic acids is 1. The summed E-state index contributed by atoms with van der Waals surface area (Å²) in [5, 5.41) is 0.625. The molecule has 23 heavy (non-hydrogen) atoms. The lowest BCUT2D eigenvalue weighted by molar-refractivity contribution is 0.0714. The molecular formula is C16H17Cl2N3O2. The van der Waals surface area contributed by atoms with Gasteiger partial charge < -0.3 is 9.64 Å². The predicted octanol–water partition coefficient (Wildman–Crippen LogP) is 4.45. The van der Waals surface area contributed by atoms with E-state index in [4.69, 9.17) is 27.9 Å². The van der Waals surface area contributed by atoms with Gasteiger partial charge in [-0.25, -0.2) is 9.97 Å². The molecule has 0 saturated carbocycles. The molecule has 0 aliphatic carbocycles. The molecule has 2 aromatic rings. The molecule has 0 aliphatic heterocycles. The molecule has 0 unspecified atom stereocenters. The predicted molar refractivity (Wildman–Crippen MR) is 90.4 cm³/mol. The molecule has 0 radical (unpaired) electrons. The van der Waals surface area contributed by atoms with E-state index >= 15 is 0 Å². The number of halogens is 2. The standard InChI is InChI=1S/C16H17Cl2N3O2/c1-4-21(10(2)3)16(22)12-7-11(17)5-6-13(12)23-14-8-19-9-20-15(14)18/h5-10H,4H2,1-3H3. The van der Waals surface area contributed by atoms with Gasteiger partial charge in [0, 0.05) is 17.6 Å². The first-order valence-electron chi connectivity index (χ1n) is 7.18. The van der Waals surface area contributed by atoms with Crippen LogP contribution in [0, 0.1) is 0 Å². The quantitative estimate of drug-likeness (QED) is 0.745. The number of ether oxygens (including phenoxy) is 1. The number of nitrogens with zero attached hydrogens (tertiary/aromatic N) is 3. The van der Waals surface area contributed by atoms with Crippen molar-refractivity contribution in [2.75, 3.05) is 6.54 Å². The fourth-order valence-electron chi connectivity index (χ4n) is 2.15. The smallest absolute Gasteiger partial charge is 0.257 e. The van der Waals surface area contributed by atoms with Crippen LogP contribution in [-0.2, 0) is 0 Å². The molecule has 0 fully saturated rings. The number of hydrogen-bond donors (Lipinski definition) is 0. The Kier molecular flexibility index (Phi) is 5.80. The Morgan fingerprint density at radius 2 is 2.04 bits per heavy atom. The molecule has 1 aromatic heterocycles. The second-order valence-corrected chi connectivity index (χ2v) is 5.90. The number of carbonyl (C=O) groups is 1. The lowest BCUT2D eigenvalue weighted by Crippen LogP contribution is -2.36. The van der Waals surface area contributed by atoms with Gasteiger partial charge in [-0.15, -0.1) is 0 Å². The molecule has 5 nitrogen and oxygen atoms in total. The van der Waals surface area contributed by atoms with Gasteiger partial charge >= 0.3 is 0 Å². The largest absolute Gasteiger partial charge is 0.452 e. The third kappa shape index (κ3) is 4.12. The molecule has 0 saturated heterocycles. The summed E-state index contributed by atoms with van der Waals surface area (Å²) in [5.41, 5.74) is 0.368. The lowest BCUT2D eigenvalue weighted by atomic mass is 10.1. The molecule has 2 rings (SSSR count). The Morgan fingerprint density at radius 1 is 1.30 bits per heavy atom. The van der Waals surface area contributed by atoms with Gasteiger partial charge in [0.1, 0.15) is 12.1 Å². The van der Waals surface area contributed by atoms with Crippen molar-refractivity contribution in [3.8, 4) is 11.5 Å². The summed E-state index contributed by atoms with van der Waals surface area (Å²) in [6, 6.07) is 4.93. The Balaban J connectivity index is 2.42. The first-order chi connectivity index (χ1) is 10.9. The first kappa shape index (κ1) is 17.5. The average molecular weight is 354 g/mol. The molecular weight excluding hydrogens is 337 g/mol. The highest BCUT2D eigenvalue weighted by Crippen LogP contribution is 2.31. The van der Waals surface area contributed by atoms with Crippen molar-refractivity contribution < 1.29 is 9.53 Å². The summed E-state index contributed by atoms with van der Waals surface area (Å²) in [6.45, 7) is 6.41. The average Bonchev–Trinajstić information content (AvgIpc) is 2.51. The maximum atomic E-state index is 12.8. The molecule has 7 heteroatoms. The number of aromatic nitrogens is 2. The van der Waals surface area contributed by atoms with Gasteiger partial charge in [0.2, 0.25) is 0 Å². The van der Waals surface area contributed by atoms with E-state index in [1.54, 1.807) is 23.1 Å². The van der Waals surface area contributed by atoms with Crippen molar-refractivity contribution in [3.05, 3.63) is 46.5 Å². The van der Waals surface area contributed by atoms with Gasteiger partial charge in [-0.3, -0.25) is 4.79 Å². The zero-order valence-corrected chi connectivity index (χ0v) is 14.6. The Labute approximate surface area is 145 Å². The molecule has 0 atom stereocenters. The van der Waals surface area contributed by atoms with Crippen LogP contribution >= 0.6 is 23.2 Å². The third-order valence-corrected chi connectivity index (χ3v) is 3.77. The summed E-state index contributed by atoms with van der Waals surface area (Å²) in [7, 11) is 0. The van der Waals surface area contributed by atoms with E-state index in [0.29, 0.717) is 22.9 Å². The Hall–Kier alpha value is -1.85. The van der Waals surface area contributed by atoms with Gasteiger partial charge in [-0.1, -0.05) is 23.2 Å². The maximum Gasteiger partial charge on any atom is 0.257 e. The molecule has 0 bridgehead atoms. The zero-order chi connectivity index (χ0) is 17.0. The highest BCUT2D eigenvalue weighted by Gasteiger charge is 2.22. The molecule has 0 aliphatic rings. The van der Waals surface area contributed by atoms with Crippen LogP contribution in [0.1, 0.15) is 31.1 Å². The van der Waals surface area contributed by atoms with E-state index in [-0.39, 0.29) is 22.9 Å². The zero-order valence-electron chi connectivity index (χ0n) is 13.1. The SMILES string of the molecule is CCN(C(=O)c1cc(Cl)ccc1Oc1cncnc1Cl)C(C)C. The van der Waals surface area contributed by atoms with Crippen molar-refractivity contribution >= 4 is 29.1 Å². The van der Waals surface area contributed by atoms with Crippen LogP contribution in [-0.4, -0.2) is 33.4 Å². The number of hydrogen-bond acceptors (Lipinski definition) is 4. The topological polar surface area (TPSA) is 55.3 Å². The van der Waals surface area contributed by atoms with Crippen LogP contribution < -0.4 is 4.74 Å². The van der Waals surface area contributed by atoms with E-state index < -0.39 is 0 Å². The highest BCUT2D eigenvalue weighted by molar-refractivity contribution is 6.31. The summed E-state index contributed by atoms with van der Waals surface area (Å²) >= 11 is 12.0.